The van der Waals surface area contributed by atoms with Crippen molar-refractivity contribution in [2.75, 3.05) is 5.75 Å². The molecular formula is C27H32N6O6S. The van der Waals surface area contributed by atoms with Crippen LogP contribution in [0.2, 0.25) is 0 Å². The highest BCUT2D eigenvalue weighted by molar-refractivity contribution is 7.80. The number of carboxylic acids is 1. The van der Waals surface area contributed by atoms with E-state index in [2.05, 4.69) is 38.5 Å². The van der Waals surface area contributed by atoms with E-state index in [0.29, 0.717) is 11.3 Å². The molecule has 4 atom stereocenters. The number of amides is 3. The number of thiol groups is 1. The maximum Gasteiger partial charge on any atom is 0.326 e. The van der Waals surface area contributed by atoms with E-state index in [1.807, 2.05) is 30.3 Å². The Morgan fingerprint density at radius 2 is 1.43 bits per heavy atom. The topological polar surface area (TPSA) is 200 Å². The highest BCUT2D eigenvalue weighted by Gasteiger charge is 2.30. The molecule has 1 aromatic heterocycles. The lowest BCUT2D eigenvalue weighted by atomic mass is 10.0. The fourth-order valence-electron chi connectivity index (χ4n) is 3.87. The molecule has 0 radical (unpaired) electrons. The number of benzene rings is 2. The zero-order valence-electron chi connectivity index (χ0n) is 21.5. The summed E-state index contributed by atoms with van der Waals surface area (Å²) in [5, 5.41) is 26.8. The standard InChI is InChI=1S/C27H32N6O6S/c28-20(10-16-4-2-1-3-5-16)24(35)31-21(11-17-6-8-19(34)9-7-17)25(36)33-23(14-40)26(37)32-22(27(38)39)12-18-13-29-15-30-18/h1-9,13,15,20-23,34,40H,10-12,14,28H2,(H,29,30)(H,31,35)(H,32,37)(H,33,36)(H,38,39). The number of imidazole rings is 1. The Hall–Kier alpha value is -4.36. The minimum Gasteiger partial charge on any atom is -0.508 e. The highest BCUT2D eigenvalue weighted by atomic mass is 32.1. The monoisotopic (exact) mass is 568 g/mol. The van der Waals surface area contributed by atoms with Gasteiger partial charge in [-0.05, 0) is 29.7 Å². The van der Waals surface area contributed by atoms with Crippen molar-refractivity contribution in [2.45, 2.75) is 43.4 Å². The van der Waals surface area contributed by atoms with Gasteiger partial charge in [0.15, 0.2) is 0 Å². The van der Waals surface area contributed by atoms with Gasteiger partial charge in [0.05, 0.1) is 12.4 Å². The lowest BCUT2D eigenvalue weighted by molar-refractivity contribution is -0.142. The molecule has 4 unspecified atom stereocenters. The maximum atomic E-state index is 13.3. The molecule has 0 aliphatic rings. The van der Waals surface area contributed by atoms with Crippen molar-refractivity contribution in [3.63, 3.8) is 0 Å². The minimum atomic E-state index is -1.28. The summed E-state index contributed by atoms with van der Waals surface area (Å²) in [4.78, 5) is 57.5. The summed E-state index contributed by atoms with van der Waals surface area (Å²) in [6, 6.07) is 10.7. The summed E-state index contributed by atoms with van der Waals surface area (Å²) in [7, 11) is 0. The average molecular weight is 569 g/mol. The van der Waals surface area contributed by atoms with Crippen molar-refractivity contribution in [1.29, 1.82) is 0 Å². The van der Waals surface area contributed by atoms with E-state index >= 15 is 0 Å². The Kier molecular flexibility index (Phi) is 11.1. The number of H-pyrrole nitrogens is 1. The average Bonchev–Trinajstić information content (AvgIpc) is 3.45. The molecule has 0 fully saturated rings. The number of hydrogen-bond donors (Lipinski definition) is 8. The smallest absolute Gasteiger partial charge is 0.326 e. The number of carbonyl (C=O) groups excluding carboxylic acids is 3. The summed E-state index contributed by atoms with van der Waals surface area (Å²) in [5.41, 5.74) is 8.09. The number of carbonyl (C=O) groups is 4. The zero-order chi connectivity index (χ0) is 29.1. The number of rotatable bonds is 14. The molecule has 8 N–H and O–H groups in total. The molecule has 1 heterocycles. The van der Waals surface area contributed by atoms with Crippen LogP contribution in [-0.4, -0.2) is 73.8 Å². The minimum absolute atomic E-state index is 0.0357. The van der Waals surface area contributed by atoms with E-state index in [1.54, 1.807) is 12.1 Å². The van der Waals surface area contributed by atoms with E-state index in [9.17, 15) is 29.4 Å². The van der Waals surface area contributed by atoms with Crippen LogP contribution < -0.4 is 21.7 Å². The van der Waals surface area contributed by atoms with Crippen LogP contribution in [0.3, 0.4) is 0 Å². The number of nitrogens with two attached hydrogens (primary N) is 1. The van der Waals surface area contributed by atoms with E-state index in [0.717, 1.165) is 5.56 Å². The molecular weight excluding hydrogens is 536 g/mol. The Balaban J connectivity index is 1.71. The molecule has 3 rings (SSSR count). The Labute approximate surface area is 236 Å². The zero-order valence-corrected chi connectivity index (χ0v) is 22.4. The normalized spacial score (nSPS) is 13.8. The van der Waals surface area contributed by atoms with Gasteiger partial charge < -0.3 is 36.9 Å². The number of aromatic nitrogens is 2. The molecule has 40 heavy (non-hydrogen) atoms. The predicted octanol–water partition coefficient (Wildman–Crippen LogP) is -0.0607. The summed E-state index contributed by atoms with van der Waals surface area (Å²) < 4.78 is 0. The van der Waals surface area contributed by atoms with E-state index in [-0.39, 0.29) is 30.8 Å². The summed E-state index contributed by atoms with van der Waals surface area (Å²) >= 11 is 4.16. The van der Waals surface area contributed by atoms with Gasteiger partial charge in [-0.2, -0.15) is 12.6 Å². The van der Waals surface area contributed by atoms with Crippen molar-refractivity contribution >= 4 is 36.3 Å². The number of phenols is 1. The summed E-state index contributed by atoms with van der Waals surface area (Å²) in [6.07, 6.45) is 3.07. The molecule has 2 aromatic carbocycles. The Morgan fingerprint density at radius 1 is 0.825 bits per heavy atom. The second-order valence-corrected chi connectivity index (χ2v) is 9.52. The third-order valence-corrected chi connectivity index (χ3v) is 6.42. The fourth-order valence-corrected chi connectivity index (χ4v) is 4.13. The van der Waals surface area contributed by atoms with Crippen LogP contribution in [0.15, 0.2) is 67.1 Å². The molecule has 13 heteroatoms. The molecule has 12 nitrogen and oxygen atoms in total. The quantitative estimate of drug-likeness (QED) is 0.124. The van der Waals surface area contributed by atoms with Crippen LogP contribution >= 0.6 is 12.6 Å². The van der Waals surface area contributed by atoms with Gasteiger partial charge in [0, 0.05) is 30.5 Å². The molecule has 0 spiro atoms. The van der Waals surface area contributed by atoms with Crippen molar-refractivity contribution < 1.29 is 29.4 Å². The van der Waals surface area contributed by atoms with Gasteiger partial charge in [-0.3, -0.25) is 14.4 Å². The number of phenolic OH excluding ortho intramolecular Hbond substituents is 1. The Bertz CT molecular complexity index is 1270. The van der Waals surface area contributed by atoms with Crippen molar-refractivity contribution in [3.05, 3.63) is 83.9 Å². The van der Waals surface area contributed by atoms with Crippen LogP contribution in [-0.2, 0) is 38.4 Å². The number of nitrogens with one attached hydrogen (secondary N) is 4. The van der Waals surface area contributed by atoms with Gasteiger partial charge in [0.2, 0.25) is 17.7 Å². The maximum absolute atomic E-state index is 13.3. The number of carboxylic acid groups (broad SMARTS) is 1. The van der Waals surface area contributed by atoms with E-state index < -0.39 is 47.9 Å². The second kappa shape index (κ2) is 14.7. The fraction of sp³-hybridized carbons (Fsp3) is 0.296. The van der Waals surface area contributed by atoms with Crippen LogP contribution in [0.25, 0.3) is 0 Å². The number of aliphatic carboxylic acids is 1. The van der Waals surface area contributed by atoms with Crippen LogP contribution in [0.5, 0.6) is 5.75 Å². The third-order valence-electron chi connectivity index (χ3n) is 6.05. The highest BCUT2D eigenvalue weighted by Crippen LogP contribution is 2.12. The van der Waals surface area contributed by atoms with E-state index in [1.165, 1.54) is 24.7 Å². The largest absolute Gasteiger partial charge is 0.508 e. The first-order chi connectivity index (χ1) is 19.2. The van der Waals surface area contributed by atoms with Gasteiger partial charge in [0.25, 0.3) is 0 Å². The number of aromatic amines is 1. The Morgan fingerprint density at radius 3 is 2.02 bits per heavy atom. The SMILES string of the molecule is NC(Cc1ccccc1)C(=O)NC(Cc1ccc(O)cc1)C(=O)NC(CS)C(=O)NC(Cc1cnc[nH]1)C(=O)O. The molecule has 0 saturated carbocycles. The number of nitrogens with zero attached hydrogens (tertiary/aromatic N) is 1. The van der Waals surface area contributed by atoms with Crippen LogP contribution in [0.1, 0.15) is 16.8 Å². The molecule has 212 valence electrons. The van der Waals surface area contributed by atoms with Crippen molar-refractivity contribution in [3.8, 4) is 5.75 Å². The van der Waals surface area contributed by atoms with E-state index in [4.69, 9.17) is 5.73 Å². The first-order valence-electron chi connectivity index (χ1n) is 12.5. The molecule has 0 aliphatic heterocycles. The number of aromatic hydroxyl groups is 1. The second-order valence-electron chi connectivity index (χ2n) is 9.15. The number of hydrogen-bond acceptors (Lipinski definition) is 8. The van der Waals surface area contributed by atoms with Gasteiger partial charge in [-0.15, -0.1) is 0 Å². The van der Waals surface area contributed by atoms with Crippen molar-refractivity contribution in [1.82, 2.24) is 25.9 Å². The van der Waals surface area contributed by atoms with Gasteiger partial charge in [-0.25, -0.2) is 9.78 Å². The third kappa shape index (κ3) is 9.13. The van der Waals surface area contributed by atoms with Crippen LogP contribution in [0, 0.1) is 0 Å². The van der Waals surface area contributed by atoms with Gasteiger partial charge >= 0.3 is 5.97 Å². The summed E-state index contributed by atoms with van der Waals surface area (Å²) in [6.45, 7) is 0. The lowest BCUT2D eigenvalue weighted by Crippen LogP contribution is -2.58. The van der Waals surface area contributed by atoms with Crippen molar-refractivity contribution in [2.24, 2.45) is 5.73 Å². The van der Waals surface area contributed by atoms with Crippen LogP contribution in [0.4, 0.5) is 0 Å². The van der Waals surface area contributed by atoms with Gasteiger partial charge in [0.1, 0.15) is 23.9 Å². The molecule has 0 saturated heterocycles. The molecule has 3 amide bonds. The first-order valence-corrected chi connectivity index (χ1v) is 13.1. The van der Waals surface area contributed by atoms with Gasteiger partial charge in [-0.1, -0.05) is 42.5 Å². The lowest BCUT2D eigenvalue weighted by Gasteiger charge is -2.24. The predicted molar refractivity (Wildman–Crippen MR) is 150 cm³/mol. The molecule has 0 bridgehead atoms. The first kappa shape index (κ1) is 30.2. The molecule has 0 aliphatic carbocycles. The molecule has 3 aromatic rings. The summed E-state index contributed by atoms with van der Waals surface area (Å²) in [5.74, 6) is -3.39.